The van der Waals surface area contributed by atoms with E-state index in [1.807, 2.05) is 23.7 Å². The normalized spacial score (nSPS) is 10.3. The van der Waals surface area contributed by atoms with Gasteiger partial charge in [-0.25, -0.2) is 4.98 Å². The van der Waals surface area contributed by atoms with Gasteiger partial charge in [-0.3, -0.25) is 0 Å². The van der Waals surface area contributed by atoms with Gasteiger partial charge >= 0.3 is 0 Å². The van der Waals surface area contributed by atoms with Crippen LogP contribution in [0.5, 0.6) is 5.75 Å². The van der Waals surface area contributed by atoms with E-state index in [1.165, 1.54) is 0 Å². The van der Waals surface area contributed by atoms with Gasteiger partial charge in [0, 0.05) is 17.1 Å². The molecule has 0 unspecified atom stereocenters. The molecule has 2 rings (SSSR count). The van der Waals surface area contributed by atoms with Gasteiger partial charge in [-0.2, -0.15) is 0 Å². The summed E-state index contributed by atoms with van der Waals surface area (Å²) in [5, 5.41) is 3.03. The average Bonchev–Trinajstić information content (AvgIpc) is 2.83. The standard InChI is InChI=1S/C13H15NOS/c1-2-3-8-15-12-6-4-5-11(10-12)13-14-7-9-16-13/h4-7,9-10H,2-3,8H2,1H3. The third-order valence-corrected chi connectivity index (χ3v) is 3.10. The number of hydrogen-bond acceptors (Lipinski definition) is 3. The van der Waals surface area contributed by atoms with Gasteiger partial charge in [-0.05, 0) is 18.6 Å². The maximum atomic E-state index is 5.66. The number of rotatable bonds is 5. The minimum atomic E-state index is 0.790. The van der Waals surface area contributed by atoms with Crippen molar-refractivity contribution in [3.05, 3.63) is 35.8 Å². The fourth-order valence-corrected chi connectivity index (χ4v) is 2.05. The summed E-state index contributed by atoms with van der Waals surface area (Å²) >= 11 is 1.65. The van der Waals surface area contributed by atoms with Gasteiger partial charge in [0.25, 0.3) is 0 Å². The van der Waals surface area contributed by atoms with Gasteiger partial charge in [0.2, 0.25) is 0 Å². The van der Waals surface area contributed by atoms with Crippen LogP contribution in [0.25, 0.3) is 10.6 Å². The van der Waals surface area contributed by atoms with E-state index in [9.17, 15) is 0 Å². The van der Waals surface area contributed by atoms with Crippen molar-refractivity contribution < 1.29 is 4.74 Å². The van der Waals surface area contributed by atoms with Crippen LogP contribution in [0, 0.1) is 0 Å². The Hall–Kier alpha value is -1.35. The number of ether oxygens (including phenoxy) is 1. The fourth-order valence-electron chi connectivity index (χ4n) is 1.42. The van der Waals surface area contributed by atoms with Crippen LogP contribution in [-0.2, 0) is 0 Å². The lowest BCUT2D eigenvalue weighted by atomic mass is 10.2. The number of unbranched alkanes of at least 4 members (excludes halogenated alkanes) is 1. The molecule has 0 fully saturated rings. The van der Waals surface area contributed by atoms with E-state index >= 15 is 0 Å². The van der Waals surface area contributed by atoms with Crippen LogP contribution in [0.15, 0.2) is 35.8 Å². The summed E-state index contributed by atoms with van der Waals surface area (Å²) in [6.45, 7) is 2.95. The zero-order valence-corrected chi connectivity index (χ0v) is 10.2. The first-order valence-corrected chi connectivity index (χ1v) is 6.41. The average molecular weight is 233 g/mol. The molecule has 0 saturated heterocycles. The zero-order chi connectivity index (χ0) is 11.2. The highest BCUT2D eigenvalue weighted by molar-refractivity contribution is 7.13. The van der Waals surface area contributed by atoms with Crippen LogP contribution >= 0.6 is 11.3 Å². The molecule has 16 heavy (non-hydrogen) atoms. The van der Waals surface area contributed by atoms with Crippen LogP contribution in [0.2, 0.25) is 0 Å². The Morgan fingerprint density at radius 2 is 2.31 bits per heavy atom. The molecule has 0 radical (unpaired) electrons. The molecule has 1 aromatic carbocycles. The minimum absolute atomic E-state index is 0.790. The van der Waals surface area contributed by atoms with E-state index < -0.39 is 0 Å². The monoisotopic (exact) mass is 233 g/mol. The maximum absolute atomic E-state index is 5.66. The summed E-state index contributed by atoms with van der Waals surface area (Å²) < 4.78 is 5.66. The Kier molecular flexibility index (Phi) is 3.94. The Bertz CT molecular complexity index is 425. The van der Waals surface area contributed by atoms with Gasteiger partial charge < -0.3 is 4.74 Å². The van der Waals surface area contributed by atoms with Crippen LogP contribution in [-0.4, -0.2) is 11.6 Å². The van der Waals surface area contributed by atoms with Crippen LogP contribution in [0.1, 0.15) is 19.8 Å². The molecule has 0 spiro atoms. The summed E-state index contributed by atoms with van der Waals surface area (Å²) in [5.74, 6) is 0.932. The summed E-state index contributed by atoms with van der Waals surface area (Å²) in [7, 11) is 0. The van der Waals surface area contributed by atoms with Gasteiger partial charge in [0.15, 0.2) is 0 Å². The van der Waals surface area contributed by atoms with E-state index in [2.05, 4.69) is 24.0 Å². The largest absolute Gasteiger partial charge is 0.494 e. The first kappa shape index (κ1) is 11.1. The zero-order valence-electron chi connectivity index (χ0n) is 9.35. The second kappa shape index (κ2) is 5.66. The highest BCUT2D eigenvalue weighted by atomic mass is 32.1. The molecular weight excluding hydrogens is 218 g/mol. The molecule has 0 bridgehead atoms. The van der Waals surface area contributed by atoms with Crippen molar-refractivity contribution >= 4 is 11.3 Å². The lowest BCUT2D eigenvalue weighted by Crippen LogP contribution is -1.96. The first-order chi connectivity index (χ1) is 7.90. The van der Waals surface area contributed by atoms with Crippen molar-refractivity contribution in [2.24, 2.45) is 0 Å². The Labute approximate surface area is 99.9 Å². The maximum Gasteiger partial charge on any atom is 0.123 e. The van der Waals surface area contributed by atoms with Gasteiger partial charge in [0.1, 0.15) is 10.8 Å². The number of thiazole rings is 1. The number of nitrogens with zero attached hydrogens (tertiary/aromatic N) is 1. The molecule has 0 N–H and O–H groups in total. The molecule has 0 amide bonds. The third kappa shape index (κ3) is 2.83. The lowest BCUT2D eigenvalue weighted by Gasteiger charge is -2.06. The van der Waals surface area contributed by atoms with E-state index in [0.29, 0.717) is 0 Å². The molecule has 1 aromatic heterocycles. The molecule has 0 aliphatic rings. The highest BCUT2D eigenvalue weighted by Gasteiger charge is 2.01. The van der Waals surface area contributed by atoms with Crippen molar-refractivity contribution in [2.45, 2.75) is 19.8 Å². The van der Waals surface area contributed by atoms with Crippen molar-refractivity contribution in [1.82, 2.24) is 4.98 Å². The molecule has 0 aliphatic carbocycles. The lowest BCUT2D eigenvalue weighted by molar-refractivity contribution is 0.309. The second-order valence-electron chi connectivity index (χ2n) is 3.57. The van der Waals surface area contributed by atoms with E-state index in [4.69, 9.17) is 4.74 Å². The molecule has 84 valence electrons. The Morgan fingerprint density at radius 3 is 3.06 bits per heavy atom. The molecule has 0 atom stereocenters. The molecule has 0 saturated carbocycles. The predicted octanol–water partition coefficient (Wildman–Crippen LogP) is 3.99. The van der Waals surface area contributed by atoms with Gasteiger partial charge in [0.05, 0.1) is 6.61 Å². The number of aromatic nitrogens is 1. The van der Waals surface area contributed by atoms with Crippen molar-refractivity contribution in [3.8, 4) is 16.3 Å². The summed E-state index contributed by atoms with van der Waals surface area (Å²) in [6, 6.07) is 8.12. The van der Waals surface area contributed by atoms with E-state index in [0.717, 1.165) is 35.8 Å². The smallest absolute Gasteiger partial charge is 0.123 e. The summed E-state index contributed by atoms with van der Waals surface area (Å²) in [4.78, 5) is 4.29. The Morgan fingerprint density at radius 1 is 1.38 bits per heavy atom. The van der Waals surface area contributed by atoms with Gasteiger partial charge in [-0.1, -0.05) is 25.5 Å². The van der Waals surface area contributed by atoms with Crippen LogP contribution < -0.4 is 4.74 Å². The van der Waals surface area contributed by atoms with E-state index in [-0.39, 0.29) is 0 Å². The molecule has 2 aromatic rings. The number of benzene rings is 1. The number of hydrogen-bond donors (Lipinski definition) is 0. The van der Waals surface area contributed by atoms with Crippen LogP contribution in [0.4, 0.5) is 0 Å². The van der Waals surface area contributed by atoms with Gasteiger partial charge in [-0.15, -0.1) is 11.3 Å². The molecule has 3 heteroatoms. The second-order valence-corrected chi connectivity index (χ2v) is 4.46. The molecule has 2 nitrogen and oxygen atoms in total. The SMILES string of the molecule is CCCCOc1cccc(-c2nccs2)c1. The predicted molar refractivity (Wildman–Crippen MR) is 68.0 cm³/mol. The molecule has 1 heterocycles. The topological polar surface area (TPSA) is 22.1 Å². The summed E-state index contributed by atoms with van der Waals surface area (Å²) in [5.41, 5.74) is 1.13. The van der Waals surface area contributed by atoms with Crippen LogP contribution in [0.3, 0.4) is 0 Å². The molecular formula is C13H15NOS. The van der Waals surface area contributed by atoms with Crippen molar-refractivity contribution in [1.29, 1.82) is 0 Å². The van der Waals surface area contributed by atoms with E-state index in [1.54, 1.807) is 11.3 Å². The fraction of sp³-hybridized carbons (Fsp3) is 0.308. The summed E-state index contributed by atoms with van der Waals surface area (Å²) in [6.07, 6.45) is 4.08. The quantitative estimate of drug-likeness (QED) is 0.728. The van der Waals surface area contributed by atoms with Crippen molar-refractivity contribution in [2.75, 3.05) is 6.61 Å². The molecule has 0 aliphatic heterocycles. The Balaban J connectivity index is 2.08. The minimum Gasteiger partial charge on any atom is -0.494 e. The van der Waals surface area contributed by atoms with Crippen molar-refractivity contribution in [3.63, 3.8) is 0 Å². The third-order valence-electron chi connectivity index (χ3n) is 2.28. The highest BCUT2D eigenvalue weighted by Crippen LogP contribution is 2.25. The first-order valence-electron chi connectivity index (χ1n) is 5.53.